The van der Waals surface area contributed by atoms with Crippen LogP contribution >= 0.6 is 0 Å². The molecule has 0 radical (unpaired) electrons. The van der Waals surface area contributed by atoms with Gasteiger partial charge in [0.15, 0.2) is 0 Å². The number of hydrogen-bond acceptors (Lipinski definition) is 2. The molecule has 0 saturated carbocycles. The maximum atomic E-state index is 13.0. The third-order valence-electron chi connectivity index (χ3n) is 4.07. The second kappa shape index (κ2) is 6.39. The van der Waals surface area contributed by atoms with E-state index < -0.39 is 0 Å². The summed E-state index contributed by atoms with van der Waals surface area (Å²) in [4.78, 5) is 0. The van der Waals surface area contributed by atoms with Gasteiger partial charge in [0.25, 0.3) is 0 Å². The number of rotatable bonds is 5. The summed E-state index contributed by atoms with van der Waals surface area (Å²) in [5.74, 6) is -0.194. The van der Waals surface area contributed by atoms with Gasteiger partial charge in [-0.15, -0.1) is 0 Å². The molecule has 0 aliphatic carbocycles. The normalized spacial score (nSPS) is 14.2. The van der Waals surface area contributed by atoms with Gasteiger partial charge in [0, 0.05) is 24.8 Å². The van der Waals surface area contributed by atoms with Crippen LogP contribution in [0.3, 0.4) is 0 Å². The van der Waals surface area contributed by atoms with E-state index in [4.69, 9.17) is 0 Å². The summed E-state index contributed by atoms with van der Waals surface area (Å²) in [6.45, 7) is 8.43. The second-order valence-electron chi connectivity index (χ2n) is 5.82. The fourth-order valence-electron chi connectivity index (χ4n) is 2.75. The van der Waals surface area contributed by atoms with Crippen LogP contribution in [-0.2, 0) is 13.5 Å². The van der Waals surface area contributed by atoms with Crippen molar-refractivity contribution in [3.05, 3.63) is 52.6 Å². The van der Waals surface area contributed by atoms with E-state index in [0.29, 0.717) is 6.04 Å². The molecule has 4 heteroatoms. The van der Waals surface area contributed by atoms with E-state index in [2.05, 4.69) is 38.1 Å². The van der Waals surface area contributed by atoms with Crippen molar-refractivity contribution in [2.45, 2.75) is 46.2 Å². The van der Waals surface area contributed by atoms with Gasteiger partial charge in [0.05, 0.1) is 5.69 Å². The first-order valence-corrected chi connectivity index (χ1v) is 7.39. The van der Waals surface area contributed by atoms with Gasteiger partial charge in [-0.2, -0.15) is 5.10 Å². The smallest absolute Gasteiger partial charge is 0.123 e. The first-order valence-electron chi connectivity index (χ1n) is 7.39. The standard InChI is InChI=1S/C17H24FN3/c1-11(10-17-13(3)20-21(5)14(17)4)19-12(2)15-6-8-16(18)9-7-15/h6-9,11-12,19H,10H2,1-5H3/t11-,12+/m0/s1. The van der Waals surface area contributed by atoms with Crippen molar-refractivity contribution in [2.24, 2.45) is 7.05 Å². The molecule has 1 aromatic heterocycles. The predicted molar refractivity (Wildman–Crippen MR) is 83.8 cm³/mol. The zero-order chi connectivity index (χ0) is 15.6. The number of nitrogens with zero attached hydrogens (tertiary/aromatic N) is 2. The third-order valence-corrected chi connectivity index (χ3v) is 4.07. The Hall–Kier alpha value is -1.68. The molecule has 0 bridgehead atoms. The molecular formula is C17H24FN3. The van der Waals surface area contributed by atoms with E-state index in [1.807, 2.05) is 23.9 Å². The quantitative estimate of drug-likeness (QED) is 0.913. The Morgan fingerprint density at radius 2 is 1.81 bits per heavy atom. The van der Waals surface area contributed by atoms with Crippen molar-refractivity contribution < 1.29 is 4.39 Å². The largest absolute Gasteiger partial charge is 0.307 e. The van der Waals surface area contributed by atoms with Crippen LogP contribution in [-0.4, -0.2) is 15.8 Å². The van der Waals surface area contributed by atoms with Crippen LogP contribution in [0.15, 0.2) is 24.3 Å². The molecule has 0 spiro atoms. The lowest BCUT2D eigenvalue weighted by Gasteiger charge is -2.20. The van der Waals surface area contributed by atoms with Crippen molar-refractivity contribution in [1.29, 1.82) is 0 Å². The lowest BCUT2D eigenvalue weighted by atomic mass is 10.0. The Morgan fingerprint density at radius 1 is 1.19 bits per heavy atom. The Bertz CT molecular complexity index is 601. The number of aryl methyl sites for hydroxylation is 2. The molecule has 0 fully saturated rings. The number of benzene rings is 1. The van der Waals surface area contributed by atoms with Crippen molar-refractivity contribution in [3.8, 4) is 0 Å². The monoisotopic (exact) mass is 289 g/mol. The Balaban J connectivity index is 2.01. The molecule has 114 valence electrons. The highest BCUT2D eigenvalue weighted by Gasteiger charge is 2.15. The summed E-state index contributed by atoms with van der Waals surface area (Å²) >= 11 is 0. The average Bonchev–Trinajstić information content (AvgIpc) is 2.66. The van der Waals surface area contributed by atoms with Crippen molar-refractivity contribution >= 4 is 0 Å². The minimum absolute atomic E-state index is 0.192. The molecule has 1 aromatic carbocycles. The van der Waals surface area contributed by atoms with Crippen molar-refractivity contribution in [3.63, 3.8) is 0 Å². The average molecular weight is 289 g/mol. The number of aromatic nitrogens is 2. The van der Waals surface area contributed by atoms with Crippen LogP contribution in [0.5, 0.6) is 0 Å². The zero-order valence-electron chi connectivity index (χ0n) is 13.4. The molecule has 1 heterocycles. The maximum absolute atomic E-state index is 13.0. The molecule has 2 atom stereocenters. The van der Waals surface area contributed by atoms with Crippen LogP contribution in [0.4, 0.5) is 4.39 Å². The van der Waals surface area contributed by atoms with E-state index in [-0.39, 0.29) is 11.9 Å². The molecular weight excluding hydrogens is 265 g/mol. The summed E-state index contributed by atoms with van der Waals surface area (Å²) in [5, 5.41) is 8.03. The van der Waals surface area contributed by atoms with Gasteiger partial charge in [0.2, 0.25) is 0 Å². The van der Waals surface area contributed by atoms with E-state index in [1.54, 1.807) is 0 Å². The molecule has 0 amide bonds. The SMILES string of the molecule is Cc1nn(C)c(C)c1C[C@H](C)N[C@H](C)c1ccc(F)cc1. The Kier molecular flexibility index (Phi) is 4.78. The molecule has 0 unspecified atom stereocenters. The Morgan fingerprint density at radius 3 is 2.33 bits per heavy atom. The summed E-state index contributed by atoms with van der Waals surface area (Å²) in [6.07, 6.45) is 0.942. The summed E-state index contributed by atoms with van der Waals surface area (Å²) in [5.41, 5.74) is 4.72. The highest BCUT2D eigenvalue weighted by molar-refractivity contribution is 5.25. The second-order valence-corrected chi connectivity index (χ2v) is 5.82. The fraction of sp³-hybridized carbons (Fsp3) is 0.471. The molecule has 0 saturated heterocycles. The van der Waals surface area contributed by atoms with Crippen molar-refractivity contribution in [1.82, 2.24) is 15.1 Å². The highest BCUT2D eigenvalue weighted by Crippen LogP contribution is 2.17. The van der Waals surface area contributed by atoms with E-state index in [1.165, 1.54) is 23.4 Å². The van der Waals surface area contributed by atoms with Gasteiger partial charge in [-0.3, -0.25) is 4.68 Å². The third kappa shape index (κ3) is 3.70. The minimum atomic E-state index is -0.194. The molecule has 21 heavy (non-hydrogen) atoms. The molecule has 0 aliphatic rings. The Labute approximate surface area is 126 Å². The van der Waals surface area contributed by atoms with Gasteiger partial charge in [0.1, 0.15) is 5.82 Å². The first-order chi connectivity index (χ1) is 9.88. The van der Waals surface area contributed by atoms with Crippen LogP contribution in [0.2, 0.25) is 0 Å². The molecule has 2 rings (SSSR count). The fourth-order valence-corrected chi connectivity index (χ4v) is 2.75. The van der Waals surface area contributed by atoms with Gasteiger partial charge < -0.3 is 5.32 Å². The van der Waals surface area contributed by atoms with Crippen LogP contribution < -0.4 is 5.32 Å². The van der Waals surface area contributed by atoms with Gasteiger partial charge in [-0.1, -0.05) is 12.1 Å². The van der Waals surface area contributed by atoms with Crippen LogP contribution in [0.25, 0.3) is 0 Å². The van der Waals surface area contributed by atoms with E-state index in [9.17, 15) is 4.39 Å². The summed E-state index contributed by atoms with van der Waals surface area (Å²) in [6, 6.07) is 7.20. The first kappa shape index (κ1) is 15.7. The van der Waals surface area contributed by atoms with E-state index in [0.717, 1.165) is 17.7 Å². The van der Waals surface area contributed by atoms with Crippen LogP contribution in [0, 0.1) is 19.7 Å². The minimum Gasteiger partial charge on any atom is -0.307 e. The van der Waals surface area contributed by atoms with Crippen LogP contribution in [0.1, 0.15) is 42.4 Å². The topological polar surface area (TPSA) is 29.9 Å². The maximum Gasteiger partial charge on any atom is 0.123 e. The van der Waals surface area contributed by atoms with Crippen molar-refractivity contribution in [2.75, 3.05) is 0 Å². The summed E-state index contributed by atoms with van der Waals surface area (Å²) < 4.78 is 14.9. The molecule has 3 nitrogen and oxygen atoms in total. The predicted octanol–water partition coefficient (Wildman–Crippen LogP) is 3.46. The lowest BCUT2D eigenvalue weighted by molar-refractivity contribution is 0.475. The molecule has 2 aromatic rings. The van der Waals surface area contributed by atoms with Gasteiger partial charge in [-0.05, 0) is 57.4 Å². The molecule has 1 N–H and O–H groups in total. The zero-order valence-corrected chi connectivity index (χ0v) is 13.4. The highest BCUT2D eigenvalue weighted by atomic mass is 19.1. The van der Waals surface area contributed by atoms with Gasteiger partial charge in [-0.25, -0.2) is 4.39 Å². The van der Waals surface area contributed by atoms with E-state index >= 15 is 0 Å². The number of nitrogens with one attached hydrogen (secondary N) is 1. The number of hydrogen-bond donors (Lipinski definition) is 1. The lowest BCUT2D eigenvalue weighted by Crippen LogP contribution is -2.31. The molecule has 0 aliphatic heterocycles. The summed E-state index contributed by atoms with van der Waals surface area (Å²) in [7, 11) is 1.98. The van der Waals surface area contributed by atoms with Gasteiger partial charge >= 0.3 is 0 Å². The number of halogens is 1.